The van der Waals surface area contributed by atoms with Gasteiger partial charge in [-0.15, -0.1) is 11.3 Å². The van der Waals surface area contributed by atoms with Crippen molar-refractivity contribution >= 4 is 16.5 Å². The summed E-state index contributed by atoms with van der Waals surface area (Å²) in [5, 5.41) is 12.8. The molecule has 14 heavy (non-hydrogen) atoms. The number of nitrogens with two attached hydrogens (primary N) is 1. The summed E-state index contributed by atoms with van der Waals surface area (Å²) in [4.78, 5) is 4.19. The summed E-state index contributed by atoms with van der Waals surface area (Å²) in [6, 6.07) is 0. The van der Waals surface area contributed by atoms with E-state index in [4.69, 9.17) is 5.73 Å². The standard InChI is InChI=1S/C10H16N2OS/c11-9-12-8(7-14-9)6-10(13)4-2-1-3-5-10/h7,13H,1-6H2,(H2,11,12). The van der Waals surface area contributed by atoms with Crippen LogP contribution in [-0.4, -0.2) is 15.7 Å². The van der Waals surface area contributed by atoms with Crippen LogP contribution in [-0.2, 0) is 6.42 Å². The smallest absolute Gasteiger partial charge is 0.180 e. The van der Waals surface area contributed by atoms with Gasteiger partial charge in [-0.3, -0.25) is 0 Å². The third-order valence-corrected chi connectivity index (χ3v) is 3.59. The minimum absolute atomic E-state index is 0.515. The Bertz CT molecular complexity index is 305. The fraction of sp³-hybridized carbons (Fsp3) is 0.700. The molecule has 1 aliphatic rings. The molecule has 0 saturated heterocycles. The molecule has 4 heteroatoms. The van der Waals surface area contributed by atoms with Gasteiger partial charge in [-0.25, -0.2) is 4.98 Å². The quantitative estimate of drug-likeness (QED) is 0.788. The monoisotopic (exact) mass is 212 g/mol. The maximum Gasteiger partial charge on any atom is 0.180 e. The van der Waals surface area contributed by atoms with Gasteiger partial charge >= 0.3 is 0 Å². The Morgan fingerprint density at radius 3 is 2.71 bits per heavy atom. The van der Waals surface area contributed by atoms with Crippen molar-refractivity contribution in [3.63, 3.8) is 0 Å². The number of aliphatic hydroxyl groups is 1. The van der Waals surface area contributed by atoms with Crippen LogP contribution in [0.5, 0.6) is 0 Å². The molecule has 0 radical (unpaired) electrons. The topological polar surface area (TPSA) is 59.1 Å². The van der Waals surface area contributed by atoms with Gasteiger partial charge in [-0.05, 0) is 12.8 Å². The van der Waals surface area contributed by atoms with Gasteiger partial charge in [-0.2, -0.15) is 0 Å². The van der Waals surface area contributed by atoms with E-state index in [0.717, 1.165) is 31.4 Å². The second-order valence-electron chi connectivity index (χ2n) is 4.14. The van der Waals surface area contributed by atoms with E-state index in [2.05, 4.69) is 4.98 Å². The maximum absolute atomic E-state index is 10.3. The minimum Gasteiger partial charge on any atom is -0.389 e. The molecule has 3 nitrogen and oxygen atoms in total. The highest BCUT2D eigenvalue weighted by molar-refractivity contribution is 7.13. The van der Waals surface area contributed by atoms with Gasteiger partial charge in [0.2, 0.25) is 0 Å². The normalized spacial score (nSPS) is 20.9. The Balaban J connectivity index is 2.01. The predicted molar refractivity (Wildman–Crippen MR) is 58.3 cm³/mol. The fourth-order valence-electron chi connectivity index (χ4n) is 2.13. The number of anilines is 1. The Kier molecular flexibility index (Phi) is 2.74. The van der Waals surface area contributed by atoms with Crippen LogP contribution in [0.25, 0.3) is 0 Å². The van der Waals surface area contributed by atoms with Crippen LogP contribution in [0.4, 0.5) is 5.13 Å². The van der Waals surface area contributed by atoms with Crippen LogP contribution in [0, 0.1) is 0 Å². The third kappa shape index (κ3) is 2.25. The lowest BCUT2D eigenvalue weighted by atomic mass is 9.82. The molecule has 1 fully saturated rings. The molecule has 1 heterocycles. The molecule has 0 atom stereocenters. The van der Waals surface area contributed by atoms with E-state index in [1.54, 1.807) is 0 Å². The molecule has 1 aliphatic carbocycles. The molecule has 0 spiro atoms. The van der Waals surface area contributed by atoms with Gasteiger partial charge in [0.15, 0.2) is 5.13 Å². The van der Waals surface area contributed by atoms with Crippen molar-refractivity contribution in [2.24, 2.45) is 0 Å². The molecular formula is C10H16N2OS. The lowest BCUT2D eigenvalue weighted by molar-refractivity contribution is 0.00381. The second-order valence-corrected chi connectivity index (χ2v) is 5.03. The van der Waals surface area contributed by atoms with Crippen molar-refractivity contribution in [3.8, 4) is 0 Å². The number of hydrogen-bond donors (Lipinski definition) is 2. The molecule has 1 saturated carbocycles. The molecule has 0 bridgehead atoms. The van der Waals surface area contributed by atoms with E-state index < -0.39 is 5.60 Å². The predicted octanol–water partition coefficient (Wildman–Crippen LogP) is 1.96. The van der Waals surface area contributed by atoms with Crippen molar-refractivity contribution in [1.29, 1.82) is 0 Å². The SMILES string of the molecule is Nc1nc(CC2(O)CCCCC2)cs1. The van der Waals surface area contributed by atoms with Crippen molar-refractivity contribution < 1.29 is 5.11 Å². The zero-order valence-electron chi connectivity index (χ0n) is 8.20. The number of hydrogen-bond acceptors (Lipinski definition) is 4. The van der Waals surface area contributed by atoms with Gasteiger partial charge in [0.05, 0.1) is 11.3 Å². The molecular weight excluding hydrogens is 196 g/mol. The van der Waals surface area contributed by atoms with Gasteiger partial charge in [-0.1, -0.05) is 19.3 Å². The van der Waals surface area contributed by atoms with Crippen molar-refractivity contribution in [2.45, 2.75) is 44.1 Å². The zero-order valence-corrected chi connectivity index (χ0v) is 9.02. The van der Waals surface area contributed by atoms with Crippen molar-refractivity contribution in [1.82, 2.24) is 4.98 Å². The summed E-state index contributed by atoms with van der Waals surface area (Å²) < 4.78 is 0. The largest absolute Gasteiger partial charge is 0.389 e. The molecule has 0 amide bonds. The fourth-order valence-corrected chi connectivity index (χ4v) is 2.69. The number of nitrogen functional groups attached to an aromatic ring is 1. The Morgan fingerprint density at radius 2 is 2.14 bits per heavy atom. The Labute approximate surface area is 88.0 Å². The van der Waals surface area contributed by atoms with Gasteiger partial charge < -0.3 is 10.8 Å². The van der Waals surface area contributed by atoms with E-state index in [1.165, 1.54) is 17.8 Å². The van der Waals surface area contributed by atoms with Crippen LogP contribution < -0.4 is 5.73 Å². The van der Waals surface area contributed by atoms with Crippen LogP contribution in [0.1, 0.15) is 37.8 Å². The Hall–Kier alpha value is -0.610. The van der Waals surface area contributed by atoms with Crippen LogP contribution in [0.3, 0.4) is 0 Å². The lowest BCUT2D eigenvalue weighted by Crippen LogP contribution is -2.33. The Morgan fingerprint density at radius 1 is 1.43 bits per heavy atom. The van der Waals surface area contributed by atoms with E-state index >= 15 is 0 Å². The van der Waals surface area contributed by atoms with E-state index in [9.17, 15) is 5.11 Å². The molecule has 0 aromatic carbocycles. The summed E-state index contributed by atoms with van der Waals surface area (Å²) in [5.74, 6) is 0. The number of nitrogens with zero attached hydrogens (tertiary/aromatic N) is 1. The number of aromatic nitrogens is 1. The number of rotatable bonds is 2. The first kappa shape index (κ1) is 9.93. The summed E-state index contributed by atoms with van der Waals surface area (Å²) >= 11 is 1.45. The zero-order chi connectivity index (χ0) is 10.0. The second kappa shape index (κ2) is 3.87. The highest BCUT2D eigenvalue weighted by Gasteiger charge is 2.29. The maximum atomic E-state index is 10.3. The first-order valence-electron chi connectivity index (χ1n) is 5.10. The summed E-state index contributed by atoms with van der Waals surface area (Å²) in [7, 11) is 0. The van der Waals surface area contributed by atoms with Crippen LogP contribution in [0.15, 0.2) is 5.38 Å². The van der Waals surface area contributed by atoms with Crippen molar-refractivity contribution in [3.05, 3.63) is 11.1 Å². The molecule has 2 rings (SSSR count). The minimum atomic E-state index is -0.515. The van der Waals surface area contributed by atoms with Gasteiger partial charge in [0, 0.05) is 11.8 Å². The van der Waals surface area contributed by atoms with Crippen LogP contribution >= 0.6 is 11.3 Å². The molecule has 0 aliphatic heterocycles. The first-order valence-corrected chi connectivity index (χ1v) is 5.98. The highest BCUT2D eigenvalue weighted by Crippen LogP contribution is 2.31. The number of thiazole rings is 1. The molecule has 1 aromatic rings. The average Bonchev–Trinajstić information content (AvgIpc) is 2.51. The highest BCUT2D eigenvalue weighted by atomic mass is 32.1. The third-order valence-electron chi connectivity index (χ3n) is 2.86. The lowest BCUT2D eigenvalue weighted by Gasteiger charge is -2.31. The van der Waals surface area contributed by atoms with Gasteiger partial charge in [0.1, 0.15) is 0 Å². The molecule has 78 valence electrons. The van der Waals surface area contributed by atoms with E-state index in [1.807, 2.05) is 5.38 Å². The van der Waals surface area contributed by atoms with E-state index in [-0.39, 0.29) is 0 Å². The van der Waals surface area contributed by atoms with Gasteiger partial charge in [0.25, 0.3) is 0 Å². The summed E-state index contributed by atoms with van der Waals surface area (Å²) in [6.45, 7) is 0. The average molecular weight is 212 g/mol. The van der Waals surface area contributed by atoms with Crippen LogP contribution in [0.2, 0.25) is 0 Å². The molecule has 0 unspecified atom stereocenters. The molecule has 3 N–H and O–H groups in total. The summed E-state index contributed by atoms with van der Waals surface area (Å²) in [5.41, 5.74) is 5.98. The molecule has 1 aromatic heterocycles. The first-order chi connectivity index (χ1) is 6.68. The summed E-state index contributed by atoms with van der Waals surface area (Å²) in [6.07, 6.45) is 6.00. The van der Waals surface area contributed by atoms with E-state index in [0.29, 0.717) is 11.6 Å². The van der Waals surface area contributed by atoms with Crippen molar-refractivity contribution in [2.75, 3.05) is 5.73 Å².